The van der Waals surface area contributed by atoms with E-state index >= 15 is 0 Å². The molecule has 0 unspecified atom stereocenters. The molecular formula is C19H21ClN2O5S. The molecule has 0 spiro atoms. The summed E-state index contributed by atoms with van der Waals surface area (Å²) in [7, 11) is -2.21. The van der Waals surface area contributed by atoms with Crippen LogP contribution >= 0.6 is 11.6 Å². The zero-order chi connectivity index (χ0) is 20.3. The number of morpholine rings is 1. The summed E-state index contributed by atoms with van der Waals surface area (Å²) in [5.41, 5.74) is 1.32. The van der Waals surface area contributed by atoms with Crippen molar-refractivity contribution in [3.63, 3.8) is 0 Å². The number of nitrogens with zero attached hydrogens (tertiary/aromatic N) is 1. The van der Waals surface area contributed by atoms with Gasteiger partial charge in [-0.2, -0.15) is 4.31 Å². The molecule has 150 valence electrons. The Labute approximate surface area is 169 Å². The molecule has 28 heavy (non-hydrogen) atoms. The topological polar surface area (TPSA) is 84.9 Å². The Morgan fingerprint density at radius 2 is 1.89 bits per heavy atom. The number of methoxy groups -OCH3 is 1. The fraction of sp³-hybridized carbons (Fsp3) is 0.316. The second kappa shape index (κ2) is 8.48. The summed E-state index contributed by atoms with van der Waals surface area (Å²) < 4.78 is 37.6. The SMILES string of the molecule is COc1ccc(Cl)cc1NC(=O)c1cc(S(=O)(=O)N2CCOCC2)ccc1C. The molecule has 1 saturated heterocycles. The number of carbonyl (C=O) groups is 1. The van der Waals surface area contributed by atoms with Crippen LogP contribution < -0.4 is 10.1 Å². The van der Waals surface area contributed by atoms with Gasteiger partial charge in [-0.05, 0) is 42.8 Å². The van der Waals surface area contributed by atoms with Crippen LogP contribution in [0.25, 0.3) is 0 Å². The third-order valence-electron chi connectivity index (χ3n) is 4.47. The molecule has 0 bridgehead atoms. The van der Waals surface area contributed by atoms with E-state index in [1.807, 2.05) is 0 Å². The standard InChI is InChI=1S/C19H21ClN2O5S/c1-13-3-5-15(28(24,25)22-7-9-27-10-8-22)12-16(13)19(23)21-17-11-14(20)4-6-18(17)26-2/h3-6,11-12H,7-10H2,1-2H3,(H,21,23). The molecule has 1 amide bonds. The average Bonchev–Trinajstić information content (AvgIpc) is 2.69. The Morgan fingerprint density at radius 1 is 1.18 bits per heavy atom. The number of aryl methyl sites for hydroxylation is 1. The number of nitrogens with one attached hydrogen (secondary N) is 1. The molecule has 1 heterocycles. The van der Waals surface area contributed by atoms with Crippen LogP contribution in [0.4, 0.5) is 5.69 Å². The van der Waals surface area contributed by atoms with Gasteiger partial charge < -0.3 is 14.8 Å². The summed E-state index contributed by atoms with van der Waals surface area (Å²) >= 11 is 6.00. The number of amides is 1. The van der Waals surface area contributed by atoms with E-state index in [2.05, 4.69) is 5.32 Å². The first-order chi connectivity index (χ1) is 13.3. The Bertz CT molecular complexity index is 988. The van der Waals surface area contributed by atoms with E-state index in [1.54, 1.807) is 31.2 Å². The Balaban J connectivity index is 1.91. The number of hydrogen-bond donors (Lipinski definition) is 1. The fourth-order valence-electron chi connectivity index (χ4n) is 2.91. The molecule has 1 aliphatic heterocycles. The Kier molecular flexibility index (Phi) is 6.24. The molecule has 7 nitrogen and oxygen atoms in total. The smallest absolute Gasteiger partial charge is 0.256 e. The van der Waals surface area contributed by atoms with Crippen LogP contribution in [0.3, 0.4) is 0 Å². The normalized spacial score (nSPS) is 15.2. The minimum absolute atomic E-state index is 0.0724. The zero-order valence-corrected chi connectivity index (χ0v) is 17.1. The first kappa shape index (κ1) is 20.6. The van der Waals surface area contributed by atoms with Crippen molar-refractivity contribution in [2.75, 3.05) is 38.7 Å². The van der Waals surface area contributed by atoms with Crippen LogP contribution in [0.2, 0.25) is 5.02 Å². The van der Waals surface area contributed by atoms with Crippen molar-refractivity contribution >= 4 is 33.2 Å². The maximum Gasteiger partial charge on any atom is 0.256 e. The highest BCUT2D eigenvalue weighted by atomic mass is 35.5. The van der Waals surface area contributed by atoms with E-state index in [1.165, 1.54) is 23.5 Å². The second-order valence-corrected chi connectivity index (χ2v) is 8.67. The number of benzene rings is 2. The third kappa shape index (κ3) is 4.30. The zero-order valence-electron chi connectivity index (χ0n) is 15.6. The third-order valence-corrected chi connectivity index (χ3v) is 6.60. The molecule has 0 radical (unpaired) electrons. The molecule has 1 N–H and O–H groups in total. The minimum Gasteiger partial charge on any atom is -0.495 e. The maximum atomic E-state index is 12.9. The van der Waals surface area contributed by atoms with Gasteiger partial charge in [0.2, 0.25) is 10.0 Å². The van der Waals surface area contributed by atoms with E-state index < -0.39 is 15.9 Å². The van der Waals surface area contributed by atoms with Crippen molar-refractivity contribution in [1.82, 2.24) is 4.31 Å². The summed E-state index contributed by atoms with van der Waals surface area (Å²) in [5, 5.41) is 3.18. The second-order valence-electron chi connectivity index (χ2n) is 6.29. The van der Waals surface area contributed by atoms with Gasteiger partial charge in [0, 0.05) is 23.7 Å². The highest BCUT2D eigenvalue weighted by Crippen LogP contribution is 2.29. The molecule has 2 aromatic carbocycles. The lowest BCUT2D eigenvalue weighted by molar-refractivity contribution is 0.0730. The van der Waals surface area contributed by atoms with Crippen molar-refractivity contribution in [1.29, 1.82) is 0 Å². The molecule has 0 aromatic heterocycles. The van der Waals surface area contributed by atoms with Gasteiger partial charge in [-0.3, -0.25) is 4.79 Å². The minimum atomic E-state index is -3.70. The lowest BCUT2D eigenvalue weighted by atomic mass is 10.1. The predicted octanol–water partition coefficient (Wildman–Crippen LogP) is 2.93. The predicted molar refractivity (Wildman–Crippen MR) is 107 cm³/mol. The molecule has 1 aliphatic rings. The Morgan fingerprint density at radius 3 is 2.57 bits per heavy atom. The van der Waals surface area contributed by atoms with Crippen LogP contribution in [-0.2, 0) is 14.8 Å². The van der Waals surface area contributed by atoms with Crippen LogP contribution in [0.15, 0.2) is 41.3 Å². The van der Waals surface area contributed by atoms with Crippen LogP contribution in [0.5, 0.6) is 5.75 Å². The highest BCUT2D eigenvalue weighted by Gasteiger charge is 2.27. The largest absolute Gasteiger partial charge is 0.495 e. The number of anilines is 1. The van der Waals surface area contributed by atoms with Crippen molar-refractivity contribution in [2.24, 2.45) is 0 Å². The number of carbonyl (C=O) groups excluding carboxylic acids is 1. The molecule has 1 fully saturated rings. The quantitative estimate of drug-likeness (QED) is 0.797. The van der Waals surface area contributed by atoms with Crippen LogP contribution in [0.1, 0.15) is 15.9 Å². The maximum absolute atomic E-state index is 12.9. The summed E-state index contributed by atoms with van der Waals surface area (Å²) in [4.78, 5) is 12.9. The van der Waals surface area contributed by atoms with Gasteiger partial charge >= 0.3 is 0 Å². The average molecular weight is 425 g/mol. The van der Waals surface area contributed by atoms with E-state index in [0.717, 1.165) is 0 Å². The van der Waals surface area contributed by atoms with E-state index in [-0.39, 0.29) is 23.5 Å². The molecule has 0 aliphatic carbocycles. The van der Waals surface area contributed by atoms with Crippen molar-refractivity contribution in [3.8, 4) is 5.75 Å². The summed E-state index contributed by atoms with van der Waals surface area (Å²) in [6.45, 7) is 3.03. The summed E-state index contributed by atoms with van der Waals surface area (Å²) in [6, 6.07) is 9.39. The number of sulfonamides is 1. The van der Waals surface area contributed by atoms with Gasteiger partial charge in [-0.25, -0.2) is 8.42 Å². The Hall–Kier alpha value is -2.13. The van der Waals surface area contributed by atoms with Gasteiger partial charge in [0.25, 0.3) is 5.91 Å². The van der Waals surface area contributed by atoms with Gasteiger partial charge in [-0.15, -0.1) is 0 Å². The molecule has 3 rings (SSSR count). The monoisotopic (exact) mass is 424 g/mol. The van der Waals surface area contributed by atoms with E-state index in [9.17, 15) is 13.2 Å². The number of halogens is 1. The van der Waals surface area contributed by atoms with Gasteiger partial charge in [-0.1, -0.05) is 17.7 Å². The number of ether oxygens (including phenoxy) is 2. The number of rotatable bonds is 5. The van der Waals surface area contributed by atoms with Crippen LogP contribution in [0, 0.1) is 6.92 Å². The van der Waals surface area contributed by atoms with Crippen LogP contribution in [-0.4, -0.2) is 52.0 Å². The molecule has 0 saturated carbocycles. The fourth-order valence-corrected chi connectivity index (χ4v) is 4.52. The highest BCUT2D eigenvalue weighted by molar-refractivity contribution is 7.89. The lowest BCUT2D eigenvalue weighted by Crippen LogP contribution is -2.40. The van der Waals surface area contributed by atoms with Gasteiger partial charge in [0.15, 0.2) is 0 Å². The van der Waals surface area contributed by atoms with Crippen molar-refractivity contribution in [3.05, 3.63) is 52.5 Å². The molecular weight excluding hydrogens is 404 g/mol. The van der Waals surface area contributed by atoms with E-state index in [0.29, 0.717) is 35.2 Å². The molecule has 2 aromatic rings. The first-order valence-electron chi connectivity index (χ1n) is 8.66. The summed E-state index contributed by atoms with van der Waals surface area (Å²) in [6.07, 6.45) is 0. The molecule has 9 heteroatoms. The first-order valence-corrected chi connectivity index (χ1v) is 10.5. The van der Waals surface area contributed by atoms with Gasteiger partial charge in [0.05, 0.1) is 30.9 Å². The lowest BCUT2D eigenvalue weighted by Gasteiger charge is -2.26. The summed E-state index contributed by atoms with van der Waals surface area (Å²) in [5.74, 6) is 0.00425. The van der Waals surface area contributed by atoms with Crippen molar-refractivity contribution < 1.29 is 22.7 Å². The van der Waals surface area contributed by atoms with E-state index in [4.69, 9.17) is 21.1 Å². The van der Waals surface area contributed by atoms with Crippen molar-refractivity contribution in [2.45, 2.75) is 11.8 Å². The molecule has 0 atom stereocenters. The number of hydrogen-bond acceptors (Lipinski definition) is 5. The van der Waals surface area contributed by atoms with Gasteiger partial charge in [0.1, 0.15) is 5.75 Å².